The molecular weight excluding hydrogens is 498 g/mol. The van der Waals surface area contributed by atoms with E-state index >= 15 is 0 Å². The van der Waals surface area contributed by atoms with Crippen molar-refractivity contribution in [2.24, 2.45) is 0 Å². The first kappa shape index (κ1) is 24.0. The number of aromatic nitrogens is 6. The predicted octanol–water partition coefficient (Wildman–Crippen LogP) is 1.64. The smallest absolute Gasteiger partial charge is 0.297 e. The molecule has 0 fully saturated rings. The summed E-state index contributed by atoms with van der Waals surface area (Å²) in [4.78, 5) is -1.07. The summed E-state index contributed by atoms with van der Waals surface area (Å²) >= 11 is 0. The first-order valence-corrected chi connectivity index (χ1v) is 12.4. The van der Waals surface area contributed by atoms with Gasteiger partial charge in [-0.05, 0) is 45.8 Å². The third-order valence-electron chi connectivity index (χ3n) is 4.80. The molecule has 0 bridgehead atoms. The van der Waals surface area contributed by atoms with E-state index in [9.17, 15) is 25.9 Å². The molecular formula is C20H15N7O6S2. The van der Waals surface area contributed by atoms with E-state index in [1.807, 2.05) is 0 Å². The molecule has 0 aliphatic heterocycles. The van der Waals surface area contributed by atoms with Crippen LogP contribution in [0, 0.1) is 0 Å². The highest BCUT2D eigenvalue weighted by atomic mass is 32.2. The van der Waals surface area contributed by atoms with Gasteiger partial charge in [0.2, 0.25) is 0 Å². The summed E-state index contributed by atoms with van der Waals surface area (Å²) in [5, 5.41) is 21.7. The van der Waals surface area contributed by atoms with Crippen molar-refractivity contribution in [3.63, 3.8) is 0 Å². The monoisotopic (exact) mass is 513 g/mol. The molecule has 15 heteroatoms. The fourth-order valence-electron chi connectivity index (χ4n) is 3.27. The Morgan fingerprint density at radius 1 is 0.743 bits per heavy atom. The van der Waals surface area contributed by atoms with Gasteiger partial charge < -0.3 is 5.73 Å². The van der Waals surface area contributed by atoms with Crippen LogP contribution in [-0.4, -0.2) is 56.8 Å². The number of anilines is 1. The lowest BCUT2D eigenvalue weighted by Gasteiger charge is -2.12. The van der Waals surface area contributed by atoms with Crippen LogP contribution in [0.4, 0.5) is 5.69 Å². The van der Waals surface area contributed by atoms with Crippen LogP contribution in [0.1, 0.15) is 11.1 Å². The highest BCUT2D eigenvalue weighted by Gasteiger charge is 2.22. The van der Waals surface area contributed by atoms with Gasteiger partial charge in [0.05, 0.1) is 29.5 Å². The summed E-state index contributed by atoms with van der Waals surface area (Å²) in [6.07, 6.45) is 5.18. The van der Waals surface area contributed by atoms with E-state index in [0.29, 0.717) is 11.3 Å². The van der Waals surface area contributed by atoms with E-state index < -0.39 is 30.0 Å². The average Bonchev–Trinajstić information content (AvgIpc) is 2.82. The number of hydrogen-bond donors (Lipinski definition) is 3. The maximum absolute atomic E-state index is 12.1. The SMILES string of the molecule is Nc1c(-c2ccnnn2)ccc(C=Cc2ccc(-c3ccnnn3)cc2S(=O)(=O)O)c1S(=O)(=O)O. The molecule has 0 radical (unpaired) electrons. The Kier molecular flexibility index (Phi) is 6.31. The quantitative estimate of drug-likeness (QED) is 0.190. The summed E-state index contributed by atoms with van der Waals surface area (Å²) in [7, 11) is -9.50. The maximum Gasteiger partial charge on any atom is 0.297 e. The lowest BCUT2D eigenvalue weighted by molar-refractivity contribution is 0.481. The lowest BCUT2D eigenvalue weighted by atomic mass is 10.0. The van der Waals surface area contributed by atoms with E-state index in [1.165, 1.54) is 67.0 Å². The molecule has 0 aliphatic rings. The van der Waals surface area contributed by atoms with Crippen LogP contribution >= 0.6 is 0 Å². The summed E-state index contributed by atoms with van der Waals surface area (Å²) in [6.45, 7) is 0. The average molecular weight is 514 g/mol. The first-order chi connectivity index (χ1) is 16.6. The molecule has 4 N–H and O–H groups in total. The zero-order chi connectivity index (χ0) is 25.2. The number of hydrogen-bond acceptors (Lipinski definition) is 11. The Labute approximate surface area is 198 Å². The lowest BCUT2D eigenvalue weighted by Crippen LogP contribution is -2.07. The van der Waals surface area contributed by atoms with Crippen LogP contribution in [0.5, 0.6) is 0 Å². The van der Waals surface area contributed by atoms with Gasteiger partial charge in [0.15, 0.2) is 0 Å². The van der Waals surface area contributed by atoms with E-state index in [0.717, 1.165) is 0 Å². The molecule has 35 heavy (non-hydrogen) atoms. The van der Waals surface area contributed by atoms with Gasteiger partial charge in [-0.2, -0.15) is 16.8 Å². The maximum atomic E-state index is 12.1. The van der Waals surface area contributed by atoms with Crippen LogP contribution in [0.2, 0.25) is 0 Å². The van der Waals surface area contributed by atoms with Gasteiger partial charge in [0.25, 0.3) is 20.2 Å². The van der Waals surface area contributed by atoms with Crippen molar-refractivity contribution < 1.29 is 25.9 Å². The molecule has 0 unspecified atom stereocenters. The van der Waals surface area contributed by atoms with Crippen molar-refractivity contribution >= 4 is 38.1 Å². The largest absolute Gasteiger partial charge is 0.397 e. The van der Waals surface area contributed by atoms with Gasteiger partial charge in [-0.3, -0.25) is 9.11 Å². The van der Waals surface area contributed by atoms with E-state index in [1.54, 1.807) is 0 Å². The van der Waals surface area contributed by atoms with Crippen LogP contribution in [0.25, 0.3) is 34.7 Å². The highest BCUT2D eigenvalue weighted by molar-refractivity contribution is 7.86. The third-order valence-corrected chi connectivity index (χ3v) is 6.68. The molecule has 0 aliphatic carbocycles. The Balaban J connectivity index is 1.83. The normalized spacial score (nSPS) is 12.2. The number of nitrogens with zero attached hydrogens (tertiary/aromatic N) is 6. The predicted molar refractivity (Wildman–Crippen MR) is 123 cm³/mol. The van der Waals surface area contributed by atoms with Crippen LogP contribution in [-0.2, 0) is 20.2 Å². The number of benzene rings is 2. The van der Waals surface area contributed by atoms with Crippen LogP contribution in [0.15, 0.2) is 64.6 Å². The van der Waals surface area contributed by atoms with Crippen LogP contribution in [0.3, 0.4) is 0 Å². The number of nitrogens with two attached hydrogens (primary N) is 1. The van der Waals surface area contributed by atoms with Gasteiger partial charge in [-0.1, -0.05) is 30.4 Å². The van der Waals surface area contributed by atoms with E-state index in [4.69, 9.17) is 5.73 Å². The molecule has 0 amide bonds. The van der Waals surface area contributed by atoms with Crippen molar-refractivity contribution in [3.05, 3.63) is 66.0 Å². The van der Waals surface area contributed by atoms with Crippen molar-refractivity contribution in [1.82, 2.24) is 30.8 Å². The molecule has 0 saturated carbocycles. The molecule has 178 valence electrons. The molecule has 0 spiro atoms. The molecule has 2 aromatic carbocycles. The second-order valence-corrected chi connectivity index (χ2v) is 9.74. The molecule has 2 aromatic heterocycles. The number of nitrogen functional groups attached to an aromatic ring is 1. The Hall–Kier alpha value is -4.18. The molecule has 2 heterocycles. The Morgan fingerprint density at radius 3 is 1.91 bits per heavy atom. The standard InChI is InChI=1S/C20H15N7O6S2/c21-19-15(17-8-10-23-27-25-17)6-5-13(20(19)35(31,32)33)3-1-12-2-4-14(11-18(12)34(28,29)30)16-7-9-22-26-24-16/h1-11H,21H2,(H,28,29,30)(H,31,32,33). The topological polar surface area (TPSA) is 212 Å². The van der Waals surface area contributed by atoms with Gasteiger partial charge in [0.1, 0.15) is 9.79 Å². The Morgan fingerprint density at radius 2 is 1.34 bits per heavy atom. The summed E-state index contributed by atoms with van der Waals surface area (Å²) in [6, 6.07) is 9.86. The molecule has 13 nitrogen and oxygen atoms in total. The first-order valence-electron chi connectivity index (χ1n) is 9.55. The minimum Gasteiger partial charge on any atom is -0.397 e. The summed E-state index contributed by atoms with van der Waals surface area (Å²) < 4.78 is 67.9. The fourth-order valence-corrected chi connectivity index (χ4v) is 4.80. The van der Waals surface area contributed by atoms with Crippen molar-refractivity contribution in [2.45, 2.75) is 9.79 Å². The second-order valence-electron chi connectivity index (χ2n) is 6.99. The minimum absolute atomic E-state index is 0.0298. The highest BCUT2D eigenvalue weighted by Crippen LogP contribution is 2.34. The number of rotatable bonds is 6. The van der Waals surface area contributed by atoms with Gasteiger partial charge in [0, 0.05) is 11.1 Å². The molecule has 4 aromatic rings. The van der Waals surface area contributed by atoms with Crippen molar-refractivity contribution in [1.29, 1.82) is 0 Å². The molecule has 0 atom stereocenters. The van der Waals surface area contributed by atoms with Crippen molar-refractivity contribution in [3.8, 4) is 22.5 Å². The second kappa shape index (κ2) is 9.22. The van der Waals surface area contributed by atoms with Crippen molar-refractivity contribution in [2.75, 3.05) is 5.73 Å². The van der Waals surface area contributed by atoms with E-state index in [-0.39, 0.29) is 28.1 Å². The third kappa shape index (κ3) is 5.17. The summed E-state index contributed by atoms with van der Waals surface area (Å²) in [5.74, 6) is 0. The zero-order valence-corrected chi connectivity index (χ0v) is 19.1. The van der Waals surface area contributed by atoms with Gasteiger partial charge >= 0.3 is 0 Å². The fraction of sp³-hybridized carbons (Fsp3) is 0. The molecule has 4 rings (SSSR count). The van der Waals surface area contributed by atoms with Crippen LogP contribution < -0.4 is 5.73 Å². The summed E-state index contributed by atoms with van der Waals surface area (Å²) in [5.41, 5.74) is 6.80. The minimum atomic E-state index is -4.81. The Bertz CT molecular complexity index is 1650. The van der Waals surface area contributed by atoms with Gasteiger partial charge in [-0.15, -0.1) is 20.4 Å². The van der Waals surface area contributed by atoms with Gasteiger partial charge in [-0.25, -0.2) is 0 Å². The van der Waals surface area contributed by atoms with E-state index in [2.05, 4.69) is 30.8 Å². The zero-order valence-electron chi connectivity index (χ0n) is 17.5. The molecule has 0 saturated heterocycles.